The van der Waals surface area contributed by atoms with E-state index >= 15 is 0 Å². The zero-order chi connectivity index (χ0) is 14.6. The molecule has 6 nitrogen and oxygen atoms in total. The highest BCUT2D eigenvalue weighted by Crippen LogP contribution is 2.27. The summed E-state index contributed by atoms with van der Waals surface area (Å²) in [6.45, 7) is 2.16. The van der Waals surface area contributed by atoms with Crippen molar-refractivity contribution in [2.45, 2.75) is 6.92 Å². The Morgan fingerprint density at radius 2 is 2.11 bits per heavy atom. The number of anilines is 2. The Kier molecular flexibility index (Phi) is 4.74. The van der Waals surface area contributed by atoms with Crippen LogP contribution >= 0.6 is 0 Å². The molecule has 0 bridgehead atoms. The molecular weight excluding hydrogens is 246 g/mol. The van der Waals surface area contributed by atoms with Gasteiger partial charge in [-0.1, -0.05) is 13.0 Å². The summed E-state index contributed by atoms with van der Waals surface area (Å²) in [6.07, 6.45) is 0. The summed E-state index contributed by atoms with van der Waals surface area (Å²) in [7, 11) is 3.29. The first-order chi connectivity index (χ1) is 8.88. The average molecular weight is 265 g/mol. The Balaban J connectivity index is 3.02. The van der Waals surface area contributed by atoms with Crippen LogP contribution < -0.4 is 16.0 Å². The van der Waals surface area contributed by atoms with Crippen molar-refractivity contribution in [1.82, 2.24) is 5.32 Å². The number of para-hydroxylation sites is 1. The van der Waals surface area contributed by atoms with Gasteiger partial charge in [0, 0.05) is 20.6 Å². The highest BCUT2D eigenvalue weighted by atomic mass is 16.4. The molecule has 4 N–H and O–H groups in total. The Labute approximate surface area is 112 Å². The lowest BCUT2D eigenvalue weighted by Gasteiger charge is -2.25. The molecule has 19 heavy (non-hydrogen) atoms. The second-order valence-corrected chi connectivity index (χ2v) is 4.44. The molecule has 6 heteroatoms. The molecule has 0 radical (unpaired) electrons. The molecule has 1 rings (SSSR count). The van der Waals surface area contributed by atoms with Crippen LogP contribution in [0.15, 0.2) is 18.2 Å². The van der Waals surface area contributed by atoms with Gasteiger partial charge in [0.15, 0.2) is 0 Å². The van der Waals surface area contributed by atoms with Crippen molar-refractivity contribution >= 4 is 23.3 Å². The molecular formula is C13H19N3O3. The summed E-state index contributed by atoms with van der Waals surface area (Å²) < 4.78 is 0. The van der Waals surface area contributed by atoms with Crippen molar-refractivity contribution in [2.24, 2.45) is 5.92 Å². The first-order valence-electron chi connectivity index (χ1n) is 5.93. The third-order valence-electron chi connectivity index (χ3n) is 2.92. The summed E-state index contributed by atoms with van der Waals surface area (Å²) in [5, 5.41) is 11.7. The topological polar surface area (TPSA) is 95.7 Å². The maximum Gasteiger partial charge on any atom is 0.337 e. The van der Waals surface area contributed by atoms with Gasteiger partial charge in [0.05, 0.1) is 22.9 Å². The lowest BCUT2D eigenvalue weighted by atomic mass is 10.1. The van der Waals surface area contributed by atoms with Crippen LogP contribution in [0.3, 0.4) is 0 Å². The molecule has 1 amide bonds. The van der Waals surface area contributed by atoms with Crippen LogP contribution in [-0.4, -0.2) is 37.6 Å². The fourth-order valence-corrected chi connectivity index (χ4v) is 1.99. The maximum atomic E-state index is 11.5. The maximum absolute atomic E-state index is 11.5. The van der Waals surface area contributed by atoms with Crippen LogP contribution in [0.5, 0.6) is 0 Å². The first kappa shape index (κ1) is 14.8. The van der Waals surface area contributed by atoms with Crippen LogP contribution in [-0.2, 0) is 4.79 Å². The summed E-state index contributed by atoms with van der Waals surface area (Å²) in [5.41, 5.74) is 6.79. The zero-order valence-corrected chi connectivity index (χ0v) is 11.3. The highest BCUT2D eigenvalue weighted by molar-refractivity contribution is 5.98. The minimum Gasteiger partial charge on any atom is -0.478 e. The Hall–Kier alpha value is -2.24. The van der Waals surface area contributed by atoms with E-state index in [1.807, 2.05) is 0 Å². The smallest absolute Gasteiger partial charge is 0.337 e. The van der Waals surface area contributed by atoms with Gasteiger partial charge in [0.1, 0.15) is 0 Å². The number of benzene rings is 1. The average Bonchev–Trinajstić information content (AvgIpc) is 2.36. The largest absolute Gasteiger partial charge is 0.478 e. The van der Waals surface area contributed by atoms with Crippen LogP contribution in [0.25, 0.3) is 0 Å². The molecule has 0 aliphatic rings. The monoisotopic (exact) mass is 265 g/mol. The van der Waals surface area contributed by atoms with E-state index in [2.05, 4.69) is 5.32 Å². The molecule has 0 saturated heterocycles. The number of carbonyl (C=O) groups is 2. The third kappa shape index (κ3) is 3.37. The molecule has 1 unspecified atom stereocenters. The quantitative estimate of drug-likeness (QED) is 0.684. The van der Waals surface area contributed by atoms with E-state index in [4.69, 9.17) is 10.8 Å². The van der Waals surface area contributed by atoms with Crippen molar-refractivity contribution in [2.75, 3.05) is 31.3 Å². The molecule has 0 aromatic heterocycles. The number of rotatable bonds is 5. The molecule has 0 saturated carbocycles. The van der Waals surface area contributed by atoms with Crippen LogP contribution in [0.2, 0.25) is 0 Å². The predicted molar refractivity (Wildman–Crippen MR) is 74.3 cm³/mol. The van der Waals surface area contributed by atoms with Crippen LogP contribution in [0, 0.1) is 5.92 Å². The van der Waals surface area contributed by atoms with Gasteiger partial charge in [-0.05, 0) is 12.1 Å². The molecule has 1 atom stereocenters. The number of nitrogens with two attached hydrogens (primary N) is 1. The summed E-state index contributed by atoms with van der Waals surface area (Å²) in [5.74, 6) is -1.41. The number of hydrogen-bond donors (Lipinski definition) is 3. The first-order valence-corrected chi connectivity index (χ1v) is 5.93. The fraction of sp³-hybridized carbons (Fsp3) is 0.385. The van der Waals surface area contributed by atoms with Gasteiger partial charge in [0.2, 0.25) is 5.91 Å². The van der Waals surface area contributed by atoms with Crippen molar-refractivity contribution in [3.8, 4) is 0 Å². The zero-order valence-electron chi connectivity index (χ0n) is 11.3. The van der Waals surface area contributed by atoms with Crippen LogP contribution in [0.4, 0.5) is 11.4 Å². The SMILES string of the molecule is CNC(=O)C(C)CN(C)c1c(N)cccc1C(=O)O. The van der Waals surface area contributed by atoms with Crippen molar-refractivity contribution < 1.29 is 14.7 Å². The van der Waals surface area contributed by atoms with Gasteiger partial charge in [-0.2, -0.15) is 0 Å². The second kappa shape index (κ2) is 6.08. The molecule has 104 valence electrons. The van der Waals surface area contributed by atoms with Gasteiger partial charge >= 0.3 is 5.97 Å². The van der Waals surface area contributed by atoms with E-state index in [0.29, 0.717) is 17.9 Å². The minimum absolute atomic E-state index is 0.0989. The van der Waals surface area contributed by atoms with E-state index in [0.717, 1.165) is 0 Å². The number of amides is 1. The summed E-state index contributed by atoms with van der Waals surface area (Å²) >= 11 is 0. The van der Waals surface area contributed by atoms with Crippen LogP contribution in [0.1, 0.15) is 17.3 Å². The van der Waals surface area contributed by atoms with Gasteiger partial charge in [-0.25, -0.2) is 4.79 Å². The predicted octanol–water partition coefficient (Wildman–Crippen LogP) is 0.785. The minimum atomic E-state index is -1.04. The molecule has 0 spiro atoms. The lowest BCUT2D eigenvalue weighted by Crippen LogP contribution is -2.35. The molecule has 0 aliphatic heterocycles. The molecule has 0 aliphatic carbocycles. The number of carbonyl (C=O) groups excluding carboxylic acids is 1. The van der Waals surface area contributed by atoms with Crippen molar-refractivity contribution in [3.05, 3.63) is 23.8 Å². The van der Waals surface area contributed by atoms with Gasteiger partial charge in [-0.15, -0.1) is 0 Å². The van der Waals surface area contributed by atoms with Crippen molar-refractivity contribution in [3.63, 3.8) is 0 Å². The van der Waals surface area contributed by atoms with E-state index in [-0.39, 0.29) is 17.4 Å². The highest BCUT2D eigenvalue weighted by Gasteiger charge is 2.20. The lowest BCUT2D eigenvalue weighted by molar-refractivity contribution is -0.123. The third-order valence-corrected chi connectivity index (χ3v) is 2.92. The Bertz CT molecular complexity index is 488. The Morgan fingerprint density at radius 3 is 2.63 bits per heavy atom. The molecule has 0 heterocycles. The van der Waals surface area contributed by atoms with Crippen molar-refractivity contribution in [1.29, 1.82) is 0 Å². The molecule has 0 fully saturated rings. The van der Waals surface area contributed by atoms with E-state index in [9.17, 15) is 9.59 Å². The number of nitrogens with zero attached hydrogens (tertiary/aromatic N) is 1. The van der Waals surface area contributed by atoms with Gasteiger partial charge in [-0.3, -0.25) is 4.79 Å². The fourth-order valence-electron chi connectivity index (χ4n) is 1.99. The van der Waals surface area contributed by atoms with E-state index in [1.54, 1.807) is 38.1 Å². The van der Waals surface area contributed by atoms with Gasteiger partial charge in [0.25, 0.3) is 0 Å². The second-order valence-electron chi connectivity index (χ2n) is 4.44. The van der Waals surface area contributed by atoms with E-state index in [1.165, 1.54) is 6.07 Å². The number of nitrogen functional groups attached to an aromatic ring is 1. The van der Waals surface area contributed by atoms with E-state index < -0.39 is 5.97 Å². The summed E-state index contributed by atoms with van der Waals surface area (Å²) in [4.78, 5) is 24.4. The number of hydrogen-bond acceptors (Lipinski definition) is 4. The molecule has 1 aromatic carbocycles. The number of carboxylic acid groups (broad SMARTS) is 1. The van der Waals surface area contributed by atoms with Gasteiger partial charge < -0.3 is 21.1 Å². The Morgan fingerprint density at radius 1 is 1.47 bits per heavy atom. The normalized spacial score (nSPS) is 11.7. The number of carboxylic acids is 1. The number of nitrogens with one attached hydrogen (secondary N) is 1. The molecule has 1 aromatic rings. The summed E-state index contributed by atoms with van der Waals surface area (Å²) in [6, 6.07) is 4.73. The number of aromatic carboxylic acids is 1. The standard InChI is InChI=1S/C13H19N3O3/c1-8(12(17)15-2)7-16(3)11-9(13(18)19)5-4-6-10(11)14/h4-6,8H,7,14H2,1-3H3,(H,15,17)(H,18,19).